The van der Waals surface area contributed by atoms with Gasteiger partial charge in [-0.15, -0.1) is 0 Å². The molecule has 1 rings (SSSR count). The molecule has 1 heterocycles. The van der Waals surface area contributed by atoms with E-state index in [-0.39, 0.29) is 6.54 Å². The van der Waals surface area contributed by atoms with Crippen LogP contribution in [0.3, 0.4) is 0 Å². The summed E-state index contributed by atoms with van der Waals surface area (Å²) in [5.74, 6) is -1.01. The standard InChI is InChI=1S/C10H14N4O3/c1-13(7-9(15)16)12-10(17)14(2)8-3-5-11-6-4-8/h3-6H,7H2,1-2H3,(H,12,17)(H,15,16). The average Bonchev–Trinajstić information content (AvgIpc) is 2.28. The number of carbonyl (C=O) groups excluding carboxylic acids is 1. The fraction of sp³-hybridized carbons (Fsp3) is 0.300. The fourth-order valence-electron chi connectivity index (χ4n) is 1.17. The van der Waals surface area contributed by atoms with Crippen molar-refractivity contribution in [3.63, 3.8) is 0 Å². The van der Waals surface area contributed by atoms with Crippen molar-refractivity contribution in [2.45, 2.75) is 0 Å². The van der Waals surface area contributed by atoms with E-state index in [1.54, 1.807) is 31.6 Å². The quantitative estimate of drug-likeness (QED) is 0.730. The third-order valence-corrected chi connectivity index (χ3v) is 2.01. The molecule has 0 aliphatic rings. The van der Waals surface area contributed by atoms with Crippen molar-refractivity contribution in [2.24, 2.45) is 0 Å². The van der Waals surface area contributed by atoms with Crippen molar-refractivity contribution in [3.8, 4) is 0 Å². The number of urea groups is 1. The predicted molar refractivity (Wildman–Crippen MR) is 61.4 cm³/mol. The number of aliphatic carboxylic acids is 1. The van der Waals surface area contributed by atoms with Crippen LogP contribution in [0.25, 0.3) is 0 Å². The minimum absolute atomic E-state index is 0.268. The summed E-state index contributed by atoms with van der Waals surface area (Å²) in [6, 6.07) is 2.94. The van der Waals surface area contributed by atoms with Crippen LogP contribution >= 0.6 is 0 Å². The maximum Gasteiger partial charge on any atom is 0.336 e. The zero-order valence-corrected chi connectivity index (χ0v) is 9.62. The second kappa shape index (κ2) is 5.80. The number of rotatable bonds is 4. The Hall–Kier alpha value is -2.15. The molecule has 17 heavy (non-hydrogen) atoms. The summed E-state index contributed by atoms with van der Waals surface area (Å²) in [7, 11) is 3.06. The number of carbonyl (C=O) groups is 2. The molecule has 92 valence electrons. The van der Waals surface area contributed by atoms with E-state index in [0.29, 0.717) is 5.69 Å². The number of carboxylic acids is 1. The van der Waals surface area contributed by atoms with E-state index >= 15 is 0 Å². The Labute approximate surface area is 98.6 Å². The van der Waals surface area contributed by atoms with Crippen LogP contribution in [0.2, 0.25) is 0 Å². The Morgan fingerprint density at radius 2 is 1.94 bits per heavy atom. The summed E-state index contributed by atoms with van der Waals surface area (Å²) < 4.78 is 0. The van der Waals surface area contributed by atoms with E-state index in [1.165, 1.54) is 17.0 Å². The first-order valence-electron chi connectivity index (χ1n) is 4.88. The van der Waals surface area contributed by atoms with E-state index in [2.05, 4.69) is 10.4 Å². The molecule has 0 radical (unpaired) electrons. The number of nitrogens with one attached hydrogen (secondary N) is 1. The van der Waals surface area contributed by atoms with E-state index < -0.39 is 12.0 Å². The Balaban J connectivity index is 2.56. The number of nitrogens with zero attached hydrogens (tertiary/aromatic N) is 3. The van der Waals surface area contributed by atoms with Crippen LogP contribution in [0, 0.1) is 0 Å². The molecule has 0 atom stereocenters. The van der Waals surface area contributed by atoms with Crippen molar-refractivity contribution >= 4 is 17.7 Å². The van der Waals surface area contributed by atoms with Crippen LogP contribution in [-0.2, 0) is 4.79 Å². The highest BCUT2D eigenvalue weighted by Gasteiger charge is 2.13. The van der Waals surface area contributed by atoms with Crippen molar-refractivity contribution in [2.75, 3.05) is 25.5 Å². The molecule has 0 aromatic carbocycles. The van der Waals surface area contributed by atoms with E-state index in [9.17, 15) is 9.59 Å². The second-order valence-corrected chi connectivity index (χ2v) is 3.43. The zero-order valence-electron chi connectivity index (χ0n) is 9.62. The Morgan fingerprint density at radius 1 is 1.35 bits per heavy atom. The summed E-state index contributed by atoms with van der Waals surface area (Å²) in [4.78, 5) is 27.3. The highest BCUT2D eigenvalue weighted by atomic mass is 16.4. The molecule has 1 aromatic heterocycles. The highest BCUT2D eigenvalue weighted by molar-refractivity contribution is 5.91. The minimum atomic E-state index is -1.01. The van der Waals surface area contributed by atoms with Crippen LogP contribution in [0.4, 0.5) is 10.5 Å². The predicted octanol–water partition coefficient (Wildman–Crippen LogP) is 0.159. The van der Waals surface area contributed by atoms with Crippen molar-refractivity contribution in [1.29, 1.82) is 0 Å². The molecular weight excluding hydrogens is 224 g/mol. The van der Waals surface area contributed by atoms with Gasteiger partial charge < -0.3 is 5.11 Å². The number of pyridine rings is 1. The third kappa shape index (κ3) is 4.07. The maximum atomic E-state index is 11.7. The van der Waals surface area contributed by atoms with Gasteiger partial charge in [0, 0.05) is 32.2 Å². The van der Waals surface area contributed by atoms with E-state index in [0.717, 1.165) is 0 Å². The molecule has 0 aliphatic carbocycles. The lowest BCUT2D eigenvalue weighted by molar-refractivity contribution is -0.138. The second-order valence-electron chi connectivity index (χ2n) is 3.43. The number of carboxylic acid groups (broad SMARTS) is 1. The number of anilines is 1. The molecule has 0 unspecified atom stereocenters. The molecule has 0 aliphatic heterocycles. The Kier molecular flexibility index (Phi) is 4.41. The molecular formula is C10H14N4O3. The summed E-state index contributed by atoms with van der Waals surface area (Å²) in [5, 5.41) is 9.73. The largest absolute Gasteiger partial charge is 0.480 e. The van der Waals surface area contributed by atoms with Crippen LogP contribution in [0.5, 0.6) is 0 Å². The normalized spacial score (nSPS) is 10.1. The highest BCUT2D eigenvalue weighted by Crippen LogP contribution is 2.09. The molecule has 0 spiro atoms. The van der Waals surface area contributed by atoms with Gasteiger partial charge in [0.1, 0.15) is 6.54 Å². The smallest absolute Gasteiger partial charge is 0.336 e. The number of hydrazine groups is 1. The molecule has 0 saturated heterocycles. The molecule has 2 N–H and O–H groups in total. The monoisotopic (exact) mass is 238 g/mol. The van der Waals surface area contributed by atoms with E-state index in [4.69, 9.17) is 5.11 Å². The van der Waals surface area contributed by atoms with E-state index in [1.807, 2.05) is 0 Å². The third-order valence-electron chi connectivity index (χ3n) is 2.01. The van der Waals surface area contributed by atoms with Crippen molar-refractivity contribution in [3.05, 3.63) is 24.5 Å². The lowest BCUT2D eigenvalue weighted by atomic mass is 10.4. The topological polar surface area (TPSA) is 85.8 Å². The van der Waals surface area contributed by atoms with Gasteiger partial charge in [-0.05, 0) is 12.1 Å². The van der Waals surface area contributed by atoms with Crippen LogP contribution < -0.4 is 10.3 Å². The molecule has 7 nitrogen and oxygen atoms in total. The van der Waals surface area contributed by atoms with Gasteiger partial charge in [0.15, 0.2) is 0 Å². The molecule has 2 amide bonds. The lowest BCUT2D eigenvalue weighted by Gasteiger charge is -2.22. The average molecular weight is 238 g/mol. The number of aromatic nitrogens is 1. The fourth-order valence-corrected chi connectivity index (χ4v) is 1.17. The Bertz CT molecular complexity index is 396. The Morgan fingerprint density at radius 3 is 2.47 bits per heavy atom. The molecule has 7 heteroatoms. The molecule has 0 fully saturated rings. The van der Waals surface area contributed by atoms with Gasteiger partial charge in [0.05, 0.1) is 0 Å². The number of likely N-dealkylation sites (N-methyl/N-ethyl adjacent to an activating group) is 1. The summed E-state index contributed by atoms with van der Waals surface area (Å²) in [5.41, 5.74) is 3.10. The summed E-state index contributed by atoms with van der Waals surface area (Å²) >= 11 is 0. The SMILES string of the molecule is CN(CC(=O)O)NC(=O)N(C)c1ccncc1. The lowest BCUT2D eigenvalue weighted by Crippen LogP contribution is -2.47. The molecule has 0 bridgehead atoms. The number of hydrogen-bond acceptors (Lipinski definition) is 4. The van der Waals surface area contributed by atoms with Gasteiger partial charge in [0.25, 0.3) is 0 Å². The number of hydrogen-bond donors (Lipinski definition) is 2. The van der Waals surface area contributed by atoms with Gasteiger partial charge in [-0.25, -0.2) is 9.80 Å². The zero-order chi connectivity index (χ0) is 12.8. The number of amides is 2. The van der Waals surface area contributed by atoms with Gasteiger partial charge in [-0.1, -0.05) is 0 Å². The van der Waals surface area contributed by atoms with Crippen molar-refractivity contribution < 1.29 is 14.7 Å². The van der Waals surface area contributed by atoms with Crippen molar-refractivity contribution in [1.82, 2.24) is 15.4 Å². The van der Waals surface area contributed by atoms with Gasteiger partial charge >= 0.3 is 12.0 Å². The summed E-state index contributed by atoms with van der Waals surface area (Å²) in [6.45, 7) is -0.268. The summed E-state index contributed by atoms with van der Waals surface area (Å²) in [6.07, 6.45) is 3.14. The molecule has 0 saturated carbocycles. The van der Waals surface area contributed by atoms with Crippen LogP contribution in [0.1, 0.15) is 0 Å². The van der Waals surface area contributed by atoms with Gasteiger partial charge in [-0.3, -0.25) is 20.1 Å². The van der Waals surface area contributed by atoms with Gasteiger partial charge in [-0.2, -0.15) is 0 Å². The molecule has 1 aromatic rings. The maximum absolute atomic E-state index is 11.7. The first-order chi connectivity index (χ1) is 8.00. The van der Waals surface area contributed by atoms with Crippen LogP contribution in [-0.4, -0.2) is 47.7 Å². The first-order valence-corrected chi connectivity index (χ1v) is 4.88. The first kappa shape index (κ1) is 12.9. The minimum Gasteiger partial charge on any atom is -0.480 e. The van der Waals surface area contributed by atoms with Crippen LogP contribution in [0.15, 0.2) is 24.5 Å². The van der Waals surface area contributed by atoms with Gasteiger partial charge in [0.2, 0.25) is 0 Å².